The topological polar surface area (TPSA) is 89.7 Å². The molecule has 6 nitrogen and oxygen atoms in total. The number of hydrogen-bond acceptors (Lipinski definition) is 5. The van der Waals surface area contributed by atoms with Crippen molar-refractivity contribution < 1.29 is 19.1 Å². The minimum Gasteiger partial charge on any atom is -0.454 e. The third-order valence-electron chi connectivity index (χ3n) is 2.65. The molecule has 1 aliphatic heterocycles. The molecular formula is C12H20N2O4. The molecule has 0 radical (unpaired) electrons. The van der Waals surface area contributed by atoms with E-state index in [9.17, 15) is 14.4 Å². The average molecular weight is 256 g/mol. The smallest absolute Gasteiger partial charge is 0.377 e. The van der Waals surface area contributed by atoms with Gasteiger partial charge in [-0.2, -0.15) is 0 Å². The van der Waals surface area contributed by atoms with Crippen molar-refractivity contribution in [3.05, 3.63) is 0 Å². The van der Waals surface area contributed by atoms with Crippen molar-refractivity contribution in [3.63, 3.8) is 0 Å². The van der Waals surface area contributed by atoms with Gasteiger partial charge in [0.05, 0.1) is 6.54 Å². The fourth-order valence-corrected chi connectivity index (χ4v) is 1.92. The van der Waals surface area contributed by atoms with Crippen LogP contribution in [0.2, 0.25) is 0 Å². The molecule has 1 atom stereocenters. The highest BCUT2D eigenvalue weighted by Gasteiger charge is 2.38. The van der Waals surface area contributed by atoms with Crippen LogP contribution in [0.1, 0.15) is 33.6 Å². The van der Waals surface area contributed by atoms with Crippen LogP contribution < -0.4 is 5.73 Å². The molecule has 1 aliphatic rings. The van der Waals surface area contributed by atoms with Crippen molar-refractivity contribution in [2.45, 2.75) is 45.3 Å². The molecular weight excluding hydrogens is 236 g/mol. The predicted octanol–water partition coefficient (Wildman–Crippen LogP) is -0.153. The lowest BCUT2D eigenvalue weighted by Gasteiger charge is -2.24. The van der Waals surface area contributed by atoms with Crippen LogP contribution in [0.3, 0.4) is 0 Å². The number of ketones is 1. The quantitative estimate of drug-likeness (QED) is 0.560. The van der Waals surface area contributed by atoms with Crippen LogP contribution in [0, 0.1) is 0 Å². The molecule has 0 aromatic carbocycles. The van der Waals surface area contributed by atoms with E-state index in [0.717, 1.165) is 0 Å². The molecule has 1 amide bonds. The van der Waals surface area contributed by atoms with Crippen molar-refractivity contribution in [3.8, 4) is 0 Å². The molecule has 1 rings (SSSR count). The van der Waals surface area contributed by atoms with Crippen LogP contribution in [0.5, 0.6) is 0 Å². The van der Waals surface area contributed by atoms with E-state index in [2.05, 4.69) is 0 Å². The minimum atomic E-state index is -0.885. The third kappa shape index (κ3) is 3.53. The predicted molar refractivity (Wildman–Crippen MR) is 64.6 cm³/mol. The molecule has 6 heteroatoms. The molecule has 0 unspecified atom stereocenters. The zero-order valence-electron chi connectivity index (χ0n) is 11.1. The number of nitrogens with zero attached hydrogens (tertiary/aromatic N) is 1. The second kappa shape index (κ2) is 5.48. The maximum Gasteiger partial charge on any atom is 0.377 e. The molecule has 102 valence electrons. The number of ether oxygens (including phenoxy) is 1. The maximum absolute atomic E-state index is 11.9. The third-order valence-corrected chi connectivity index (χ3v) is 2.65. The van der Waals surface area contributed by atoms with Crippen molar-refractivity contribution >= 4 is 17.7 Å². The van der Waals surface area contributed by atoms with E-state index in [0.29, 0.717) is 19.4 Å². The Morgan fingerprint density at radius 1 is 1.33 bits per heavy atom. The number of hydrogen-bond donors (Lipinski definition) is 1. The molecule has 0 aliphatic carbocycles. The maximum atomic E-state index is 11.9. The molecule has 1 fully saturated rings. The van der Waals surface area contributed by atoms with E-state index in [-0.39, 0.29) is 12.5 Å². The number of amides is 1. The summed E-state index contributed by atoms with van der Waals surface area (Å²) in [6.45, 7) is 5.38. The largest absolute Gasteiger partial charge is 0.454 e. The van der Waals surface area contributed by atoms with Gasteiger partial charge in [-0.1, -0.05) is 0 Å². The summed E-state index contributed by atoms with van der Waals surface area (Å²) < 4.78 is 5.02. The number of carbonyl (C=O) groups excluding carboxylic acids is 3. The van der Waals surface area contributed by atoms with Gasteiger partial charge in [-0.15, -0.1) is 0 Å². The van der Waals surface area contributed by atoms with Gasteiger partial charge in [0.25, 0.3) is 5.78 Å². The molecule has 1 heterocycles. The van der Waals surface area contributed by atoms with Gasteiger partial charge >= 0.3 is 5.97 Å². The highest BCUT2D eigenvalue weighted by molar-refractivity contribution is 6.36. The van der Waals surface area contributed by atoms with E-state index >= 15 is 0 Å². The van der Waals surface area contributed by atoms with Gasteiger partial charge in [0.1, 0.15) is 11.6 Å². The second-order valence-corrected chi connectivity index (χ2v) is 5.32. The molecule has 0 spiro atoms. The van der Waals surface area contributed by atoms with E-state index < -0.39 is 23.4 Å². The number of carbonyl (C=O) groups is 3. The van der Waals surface area contributed by atoms with Gasteiger partial charge in [-0.25, -0.2) is 4.79 Å². The average Bonchev–Trinajstić information content (AvgIpc) is 2.73. The van der Waals surface area contributed by atoms with E-state index in [4.69, 9.17) is 10.5 Å². The first-order chi connectivity index (χ1) is 8.26. The van der Waals surface area contributed by atoms with E-state index in [1.54, 1.807) is 20.8 Å². The van der Waals surface area contributed by atoms with Crippen LogP contribution in [0.15, 0.2) is 0 Å². The van der Waals surface area contributed by atoms with Crippen molar-refractivity contribution in [2.24, 2.45) is 5.73 Å². The Bertz CT molecular complexity index is 360. The Morgan fingerprint density at radius 2 is 1.94 bits per heavy atom. The minimum absolute atomic E-state index is 0.155. The molecule has 0 aromatic rings. The van der Waals surface area contributed by atoms with Crippen LogP contribution in [-0.4, -0.2) is 47.3 Å². The first-order valence-electron chi connectivity index (χ1n) is 6.03. The second-order valence-electron chi connectivity index (χ2n) is 5.32. The van der Waals surface area contributed by atoms with Crippen LogP contribution in [0.4, 0.5) is 0 Å². The monoisotopic (exact) mass is 256 g/mol. The summed E-state index contributed by atoms with van der Waals surface area (Å²) in [7, 11) is 0. The molecule has 0 aromatic heterocycles. The van der Waals surface area contributed by atoms with E-state index in [1.807, 2.05) is 0 Å². The number of rotatable bonds is 3. The Hall–Kier alpha value is -1.43. The molecule has 0 saturated carbocycles. The Labute approximate surface area is 106 Å². The summed E-state index contributed by atoms with van der Waals surface area (Å²) >= 11 is 0. The normalized spacial score (nSPS) is 19.8. The van der Waals surface area contributed by atoms with E-state index in [1.165, 1.54) is 4.90 Å². The molecule has 1 saturated heterocycles. The number of Topliss-reactive ketones (excluding diaryl/α,β-unsaturated/α-hetero) is 1. The van der Waals surface area contributed by atoms with Gasteiger partial charge in [0.15, 0.2) is 0 Å². The summed E-state index contributed by atoms with van der Waals surface area (Å²) in [5.74, 6) is -1.86. The highest BCUT2D eigenvalue weighted by atomic mass is 16.6. The van der Waals surface area contributed by atoms with Crippen LogP contribution in [-0.2, 0) is 19.1 Å². The fourth-order valence-electron chi connectivity index (χ4n) is 1.92. The lowest BCUT2D eigenvalue weighted by atomic mass is 10.1. The molecule has 2 N–H and O–H groups in total. The molecule has 0 bridgehead atoms. The number of esters is 1. The van der Waals surface area contributed by atoms with Crippen molar-refractivity contribution in [2.75, 3.05) is 13.1 Å². The summed E-state index contributed by atoms with van der Waals surface area (Å²) in [5.41, 5.74) is 4.56. The number of nitrogens with two attached hydrogens (primary N) is 1. The standard InChI is InChI=1S/C12H20N2O4/c1-12(2,3)18-11(17)10(16)8-5-4-6-14(8)9(15)7-13/h8H,4-7,13H2,1-3H3/t8-/m0/s1. The van der Waals surface area contributed by atoms with Gasteiger partial charge < -0.3 is 15.4 Å². The highest BCUT2D eigenvalue weighted by Crippen LogP contribution is 2.19. The van der Waals surface area contributed by atoms with Crippen LogP contribution in [0.25, 0.3) is 0 Å². The summed E-state index contributed by atoms with van der Waals surface area (Å²) in [6.07, 6.45) is 1.19. The van der Waals surface area contributed by atoms with Crippen molar-refractivity contribution in [1.29, 1.82) is 0 Å². The van der Waals surface area contributed by atoms with Crippen LogP contribution >= 0.6 is 0 Å². The van der Waals surface area contributed by atoms with Gasteiger partial charge in [-0.05, 0) is 33.6 Å². The zero-order chi connectivity index (χ0) is 13.9. The number of likely N-dealkylation sites (tertiary alicyclic amines) is 1. The first kappa shape index (κ1) is 14.6. The lowest BCUT2D eigenvalue weighted by molar-refractivity contribution is -0.164. The van der Waals surface area contributed by atoms with Gasteiger partial charge in [0, 0.05) is 6.54 Å². The Balaban J connectivity index is 2.71. The summed E-state index contributed by atoms with van der Waals surface area (Å²) in [5, 5.41) is 0. The summed E-state index contributed by atoms with van der Waals surface area (Å²) in [6, 6.07) is -0.712. The summed E-state index contributed by atoms with van der Waals surface area (Å²) in [4.78, 5) is 36.5. The molecule has 18 heavy (non-hydrogen) atoms. The first-order valence-corrected chi connectivity index (χ1v) is 6.03. The SMILES string of the molecule is CC(C)(C)OC(=O)C(=O)[C@@H]1CCCN1C(=O)CN. The fraction of sp³-hybridized carbons (Fsp3) is 0.750. The Kier molecular flexibility index (Phi) is 4.45. The van der Waals surface area contributed by atoms with Gasteiger partial charge in [0.2, 0.25) is 5.91 Å². The Morgan fingerprint density at radius 3 is 2.44 bits per heavy atom. The zero-order valence-corrected chi connectivity index (χ0v) is 11.1. The lowest BCUT2D eigenvalue weighted by Crippen LogP contribution is -2.47. The van der Waals surface area contributed by atoms with Gasteiger partial charge in [-0.3, -0.25) is 9.59 Å². The van der Waals surface area contributed by atoms with Crippen molar-refractivity contribution in [1.82, 2.24) is 4.90 Å².